The summed E-state index contributed by atoms with van der Waals surface area (Å²) < 4.78 is 43.8. The van der Waals surface area contributed by atoms with Crippen molar-refractivity contribution in [3.8, 4) is 0 Å². The van der Waals surface area contributed by atoms with E-state index in [1.165, 1.54) is 18.2 Å². The molecular weight excluding hydrogens is 365 g/mol. The maximum Gasteiger partial charge on any atom is 0.412 e. The van der Waals surface area contributed by atoms with Crippen molar-refractivity contribution in [1.82, 2.24) is 4.90 Å². The number of nitrogens with zero attached hydrogens (tertiary/aromatic N) is 1. The number of hydrogen-bond donors (Lipinski definition) is 3. The van der Waals surface area contributed by atoms with Gasteiger partial charge in [0.1, 0.15) is 11.7 Å². The van der Waals surface area contributed by atoms with E-state index in [-0.39, 0.29) is 28.2 Å². The molecule has 2 rings (SSSR count). The van der Waals surface area contributed by atoms with Gasteiger partial charge in [0.05, 0.1) is 18.4 Å². The molecule has 0 saturated heterocycles. The Labute approximate surface area is 152 Å². The highest BCUT2D eigenvalue weighted by molar-refractivity contribution is 6.09. The smallest absolute Gasteiger partial charge is 0.412 e. The topological polar surface area (TPSA) is 109 Å². The number of allylic oxidation sites excluding steroid dienone is 2. The van der Waals surface area contributed by atoms with Crippen LogP contribution >= 0.6 is 0 Å². The van der Waals surface area contributed by atoms with Crippen LogP contribution in [0.5, 0.6) is 0 Å². The average molecular weight is 382 g/mol. The van der Waals surface area contributed by atoms with E-state index in [0.717, 1.165) is 37.4 Å². The number of rotatable bonds is 4. The van der Waals surface area contributed by atoms with Crippen molar-refractivity contribution in [2.24, 2.45) is 0 Å². The number of nitrogen functional groups attached to an aromatic ring is 1. The second-order valence-corrected chi connectivity index (χ2v) is 5.65. The van der Waals surface area contributed by atoms with Crippen LogP contribution in [0.25, 0.3) is 0 Å². The molecule has 0 saturated carbocycles. The Bertz CT molecular complexity index is 847. The number of anilines is 2. The van der Waals surface area contributed by atoms with Crippen molar-refractivity contribution < 1.29 is 27.5 Å². The Morgan fingerprint density at radius 1 is 1.37 bits per heavy atom. The molecule has 0 radical (unpaired) electrons. The highest BCUT2D eigenvalue weighted by Gasteiger charge is 2.43. The van der Waals surface area contributed by atoms with Crippen LogP contribution in [0.15, 0.2) is 36.1 Å². The molecule has 0 aliphatic carbocycles. The molecule has 0 fully saturated rings. The van der Waals surface area contributed by atoms with Gasteiger partial charge in [-0.2, -0.15) is 13.2 Å². The Hall–Kier alpha value is -3.30. The number of nitrogens with two attached hydrogens (primary N) is 1. The minimum absolute atomic E-state index is 0.0352. The summed E-state index contributed by atoms with van der Waals surface area (Å²) in [5, 5.41) is 9.71. The van der Waals surface area contributed by atoms with Crippen LogP contribution in [-0.2, 0) is 9.53 Å². The lowest BCUT2D eigenvalue weighted by atomic mass is 10.1. The molecule has 27 heavy (non-hydrogen) atoms. The highest BCUT2D eigenvalue weighted by Crippen LogP contribution is 2.30. The average Bonchev–Trinajstić information content (AvgIpc) is 2.61. The number of ether oxygens (including phenoxy) is 1. The van der Waals surface area contributed by atoms with Gasteiger partial charge in [0.15, 0.2) is 0 Å². The third-order valence-corrected chi connectivity index (χ3v) is 3.94. The predicted octanol–water partition coefficient (Wildman–Crippen LogP) is 2.31. The van der Waals surface area contributed by atoms with Crippen LogP contribution in [0.3, 0.4) is 0 Å². The number of carbonyl (C=O) groups is 2. The lowest BCUT2D eigenvalue weighted by Crippen LogP contribution is -2.45. The summed E-state index contributed by atoms with van der Waals surface area (Å²) in [5.74, 6) is -1.66. The minimum Gasteiger partial charge on any atom is -0.465 e. The van der Waals surface area contributed by atoms with Crippen LogP contribution in [0.2, 0.25) is 0 Å². The predicted molar refractivity (Wildman–Crippen MR) is 93.5 cm³/mol. The largest absolute Gasteiger partial charge is 0.465 e. The van der Waals surface area contributed by atoms with Gasteiger partial charge in [-0.05, 0) is 18.2 Å². The number of methoxy groups -OCH3 is 1. The normalized spacial score (nSPS) is 16.6. The number of benzene rings is 1. The lowest BCUT2D eigenvalue weighted by molar-refractivity contribution is -0.163. The van der Waals surface area contributed by atoms with E-state index in [0.29, 0.717) is 0 Å². The van der Waals surface area contributed by atoms with Crippen LogP contribution in [0.1, 0.15) is 15.9 Å². The molecule has 4 N–H and O–H groups in total. The molecule has 1 aliphatic rings. The second kappa shape index (κ2) is 7.52. The fraction of sp³-hybridized carbons (Fsp3) is 0.235. The Balaban J connectivity index is 2.38. The number of halogens is 3. The first kappa shape index (κ1) is 20.0. The molecule has 0 bridgehead atoms. The van der Waals surface area contributed by atoms with Crippen LogP contribution in [-0.4, -0.2) is 49.4 Å². The fourth-order valence-electron chi connectivity index (χ4n) is 2.54. The quantitative estimate of drug-likeness (QED) is 0.421. The molecule has 1 unspecified atom stereocenters. The van der Waals surface area contributed by atoms with Crippen molar-refractivity contribution >= 4 is 29.5 Å². The molecule has 1 aromatic carbocycles. The van der Waals surface area contributed by atoms with Crippen molar-refractivity contribution in [2.75, 3.05) is 25.2 Å². The Kier molecular flexibility index (Phi) is 5.58. The van der Waals surface area contributed by atoms with E-state index in [1.54, 1.807) is 0 Å². The van der Waals surface area contributed by atoms with Crippen molar-refractivity contribution in [1.29, 1.82) is 5.41 Å². The molecule has 1 atom stereocenters. The summed E-state index contributed by atoms with van der Waals surface area (Å²) in [7, 11) is 2.27. The molecule has 144 valence electrons. The summed E-state index contributed by atoms with van der Waals surface area (Å²) in [6.07, 6.45) is -0.352. The zero-order valence-corrected chi connectivity index (χ0v) is 14.4. The molecule has 0 aromatic heterocycles. The van der Waals surface area contributed by atoms with Gasteiger partial charge in [0.25, 0.3) is 5.91 Å². The van der Waals surface area contributed by atoms with Crippen LogP contribution in [0.4, 0.5) is 24.5 Å². The molecule has 1 aliphatic heterocycles. The summed E-state index contributed by atoms with van der Waals surface area (Å²) in [4.78, 5) is 25.2. The van der Waals surface area contributed by atoms with E-state index >= 15 is 0 Å². The van der Waals surface area contributed by atoms with Gasteiger partial charge >= 0.3 is 12.1 Å². The van der Waals surface area contributed by atoms with Crippen molar-refractivity contribution in [3.05, 3.63) is 47.2 Å². The van der Waals surface area contributed by atoms with Gasteiger partial charge in [-0.3, -0.25) is 4.79 Å². The molecular formula is C17H17F3N4O3. The number of nitrogens with one attached hydrogen (secondary N) is 2. The Morgan fingerprint density at radius 2 is 2.04 bits per heavy atom. The lowest BCUT2D eigenvalue weighted by Gasteiger charge is -2.32. The third kappa shape index (κ3) is 4.10. The number of esters is 1. The monoisotopic (exact) mass is 382 g/mol. The summed E-state index contributed by atoms with van der Waals surface area (Å²) in [5.41, 5.74) is 5.69. The third-order valence-electron chi connectivity index (χ3n) is 3.94. The van der Waals surface area contributed by atoms with E-state index < -0.39 is 24.1 Å². The summed E-state index contributed by atoms with van der Waals surface area (Å²) in [6, 6.07) is 0.540. The number of amides is 1. The molecule has 7 nitrogen and oxygen atoms in total. The van der Waals surface area contributed by atoms with E-state index in [2.05, 4.69) is 10.1 Å². The van der Waals surface area contributed by atoms with Gasteiger partial charge in [0.2, 0.25) is 0 Å². The molecule has 0 spiro atoms. The van der Waals surface area contributed by atoms with Crippen LogP contribution in [0, 0.1) is 5.41 Å². The number of alkyl halides is 3. The van der Waals surface area contributed by atoms with E-state index in [1.807, 2.05) is 0 Å². The van der Waals surface area contributed by atoms with Gasteiger partial charge in [-0.1, -0.05) is 12.2 Å². The first-order chi connectivity index (χ1) is 12.6. The van der Waals surface area contributed by atoms with E-state index in [4.69, 9.17) is 11.1 Å². The first-order valence-corrected chi connectivity index (χ1v) is 7.61. The molecule has 10 heteroatoms. The van der Waals surface area contributed by atoms with Crippen molar-refractivity contribution in [2.45, 2.75) is 12.2 Å². The van der Waals surface area contributed by atoms with Gasteiger partial charge in [-0.15, -0.1) is 0 Å². The van der Waals surface area contributed by atoms with Gasteiger partial charge < -0.3 is 26.1 Å². The Morgan fingerprint density at radius 3 is 2.59 bits per heavy atom. The molecule has 1 amide bonds. The molecule has 1 aromatic rings. The minimum atomic E-state index is -4.56. The van der Waals surface area contributed by atoms with Gasteiger partial charge in [-0.25, -0.2) is 4.79 Å². The molecule has 1 heterocycles. The van der Waals surface area contributed by atoms with Crippen LogP contribution < -0.4 is 11.1 Å². The zero-order valence-electron chi connectivity index (χ0n) is 14.4. The SMILES string of the molecule is COC(=O)c1cc(N)c(C=N)cc1NC(=O)C1=CC=CC(C(F)(F)F)N1C. The fourth-order valence-corrected chi connectivity index (χ4v) is 2.54. The number of likely N-dealkylation sites (N-methyl/N-ethyl adjacent to an activating group) is 1. The first-order valence-electron chi connectivity index (χ1n) is 7.61. The summed E-state index contributed by atoms with van der Waals surface area (Å²) >= 11 is 0. The maximum atomic E-state index is 13.1. The summed E-state index contributed by atoms with van der Waals surface area (Å²) in [6.45, 7) is 0. The highest BCUT2D eigenvalue weighted by atomic mass is 19.4. The number of hydrogen-bond acceptors (Lipinski definition) is 6. The maximum absolute atomic E-state index is 13.1. The van der Waals surface area contributed by atoms with Crippen molar-refractivity contribution in [3.63, 3.8) is 0 Å². The standard InChI is InChI=1S/C17H17F3N4O3/c1-24-13(4-3-5-14(24)17(18,19)20)15(25)23-12-6-9(8-21)11(22)7-10(12)16(26)27-2/h3-8,14,21H,22H2,1-2H3,(H,23,25). The zero-order chi connectivity index (χ0) is 20.4. The number of carbonyl (C=O) groups excluding carboxylic acids is 2. The van der Waals surface area contributed by atoms with Gasteiger partial charge in [0, 0.05) is 24.5 Å². The van der Waals surface area contributed by atoms with E-state index in [9.17, 15) is 22.8 Å². The second-order valence-electron chi connectivity index (χ2n) is 5.65.